The Kier molecular flexibility index (Phi) is 3.47. The molecule has 0 radical (unpaired) electrons. The Morgan fingerprint density at radius 3 is 2.69 bits per heavy atom. The van der Waals surface area contributed by atoms with Gasteiger partial charge in [0.25, 0.3) is 0 Å². The van der Waals surface area contributed by atoms with Gasteiger partial charge in [-0.05, 0) is 31.2 Å². The van der Waals surface area contributed by atoms with Gasteiger partial charge < -0.3 is 14.2 Å². The number of aryl methyl sites for hydroxylation is 1. The summed E-state index contributed by atoms with van der Waals surface area (Å²) in [6.07, 6.45) is 2.63. The zero-order valence-corrected chi connectivity index (χ0v) is 9.69. The molecule has 3 heteroatoms. The van der Waals surface area contributed by atoms with Crippen LogP contribution in [-0.2, 0) is 13.0 Å². The lowest BCUT2D eigenvalue weighted by Crippen LogP contribution is -2.17. The molecule has 1 unspecified atom stereocenters. The lowest BCUT2D eigenvalue weighted by molar-refractivity contribution is 0.398. The van der Waals surface area contributed by atoms with E-state index in [9.17, 15) is 0 Å². The molecule has 0 saturated carbocycles. The highest BCUT2D eigenvalue weighted by molar-refractivity contribution is 5.08. The monoisotopic (exact) mass is 219 g/mol. The van der Waals surface area contributed by atoms with Gasteiger partial charge in [-0.2, -0.15) is 0 Å². The zero-order valence-electron chi connectivity index (χ0n) is 9.69. The van der Waals surface area contributed by atoms with Crippen molar-refractivity contribution in [3.8, 4) is 0 Å². The summed E-state index contributed by atoms with van der Waals surface area (Å²) in [4.78, 5) is 0. The van der Waals surface area contributed by atoms with E-state index in [2.05, 4.69) is 19.2 Å². The van der Waals surface area contributed by atoms with Crippen molar-refractivity contribution < 1.29 is 8.83 Å². The Labute approximate surface area is 95.5 Å². The van der Waals surface area contributed by atoms with Gasteiger partial charge in [0.1, 0.15) is 17.3 Å². The largest absolute Gasteiger partial charge is 0.468 e. The number of rotatable bonds is 5. The van der Waals surface area contributed by atoms with Gasteiger partial charge in [-0.3, -0.25) is 0 Å². The fourth-order valence-electron chi connectivity index (χ4n) is 1.60. The standard InChI is InChI=1S/C13H17NO2/c1-3-11-6-7-12(16-11)9-14-10(2)13-5-4-8-15-13/h4-8,10,14H,3,9H2,1-2H3. The van der Waals surface area contributed by atoms with E-state index in [0.717, 1.165) is 30.2 Å². The number of hydrogen-bond acceptors (Lipinski definition) is 3. The molecule has 1 N–H and O–H groups in total. The van der Waals surface area contributed by atoms with Crippen LogP contribution in [0, 0.1) is 0 Å². The zero-order chi connectivity index (χ0) is 11.4. The number of furan rings is 2. The molecular formula is C13H17NO2. The van der Waals surface area contributed by atoms with Crippen molar-refractivity contribution in [1.82, 2.24) is 5.32 Å². The second kappa shape index (κ2) is 5.03. The van der Waals surface area contributed by atoms with E-state index in [0.29, 0.717) is 0 Å². The van der Waals surface area contributed by atoms with Gasteiger partial charge in [0.05, 0.1) is 18.8 Å². The van der Waals surface area contributed by atoms with E-state index in [4.69, 9.17) is 8.83 Å². The summed E-state index contributed by atoms with van der Waals surface area (Å²) >= 11 is 0. The molecule has 0 fully saturated rings. The van der Waals surface area contributed by atoms with Crippen LogP contribution in [0.3, 0.4) is 0 Å². The van der Waals surface area contributed by atoms with Gasteiger partial charge in [-0.25, -0.2) is 0 Å². The van der Waals surface area contributed by atoms with Crippen molar-refractivity contribution in [2.45, 2.75) is 32.9 Å². The SMILES string of the molecule is CCc1ccc(CNC(C)c2ccco2)o1. The molecule has 0 aromatic carbocycles. The Morgan fingerprint density at radius 2 is 2.06 bits per heavy atom. The van der Waals surface area contributed by atoms with Crippen molar-refractivity contribution in [1.29, 1.82) is 0 Å². The Hall–Kier alpha value is -1.48. The van der Waals surface area contributed by atoms with Crippen LogP contribution in [0.25, 0.3) is 0 Å². The maximum absolute atomic E-state index is 5.61. The molecule has 0 saturated heterocycles. The normalized spacial score (nSPS) is 12.9. The van der Waals surface area contributed by atoms with Crippen LogP contribution in [0.1, 0.15) is 37.2 Å². The summed E-state index contributed by atoms with van der Waals surface area (Å²) in [6.45, 7) is 4.88. The lowest BCUT2D eigenvalue weighted by atomic mass is 10.2. The minimum atomic E-state index is 0.199. The first kappa shape index (κ1) is 11.0. The quantitative estimate of drug-likeness (QED) is 0.838. The van der Waals surface area contributed by atoms with E-state index in [-0.39, 0.29) is 6.04 Å². The lowest BCUT2D eigenvalue weighted by Gasteiger charge is -2.09. The Morgan fingerprint density at radius 1 is 1.25 bits per heavy atom. The predicted molar refractivity (Wildman–Crippen MR) is 62.0 cm³/mol. The fraction of sp³-hybridized carbons (Fsp3) is 0.385. The minimum Gasteiger partial charge on any atom is -0.468 e. The predicted octanol–water partition coefficient (Wildman–Crippen LogP) is 3.29. The summed E-state index contributed by atoms with van der Waals surface area (Å²) < 4.78 is 10.9. The first-order chi connectivity index (χ1) is 7.79. The highest BCUT2D eigenvalue weighted by Crippen LogP contribution is 2.14. The average molecular weight is 219 g/mol. The molecule has 0 aliphatic carbocycles. The van der Waals surface area contributed by atoms with Crippen LogP contribution in [0.4, 0.5) is 0 Å². The highest BCUT2D eigenvalue weighted by atomic mass is 16.3. The molecule has 2 heterocycles. The van der Waals surface area contributed by atoms with Gasteiger partial charge in [-0.15, -0.1) is 0 Å². The van der Waals surface area contributed by atoms with E-state index in [1.165, 1.54) is 0 Å². The van der Waals surface area contributed by atoms with Gasteiger partial charge in [0.2, 0.25) is 0 Å². The van der Waals surface area contributed by atoms with Gasteiger partial charge in [-0.1, -0.05) is 6.92 Å². The van der Waals surface area contributed by atoms with Gasteiger partial charge in [0, 0.05) is 6.42 Å². The van der Waals surface area contributed by atoms with Crippen LogP contribution in [-0.4, -0.2) is 0 Å². The summed E-state index contributed by atoms with van der Waals surface area (Å²) in [6, 6.07) is 8.10. The molecule has 2 rings (SSSR count). The third-order valence-corrected chi connectivity index (χ3v) is 2.62. The molecule has 16 heavy (non-hydrogen) atoms. The Balaban J connectivity index is 1.87. The molecule has 0 amide bonds. The molecule has 2 aromatic rings. The van der Waals surface area contributed by atoms with Crippen LogP contribution in [0.2, 0.25) is 0 Å². The molecule has 0 bridgehead atoms. The Bertz CT molecular complexity index is 417. The molecule has 0 aliphatic rings. The maximum atomic E-state index is 5.61. The van der Waals surface area contributed by atoms with Crippen molar-refractivity contribution in [3.63, 3.8) is 0 Å². The summed E-state index contributed by atoms with van der Waals surface area (Å²) in [5.74, 6) is 2.94. The second-order valence-electron chi connectivity index (χ2n) is 3.84. The van der Waals surface area contributed by atoms with Gasteiger partial charge >= 0.3 is 0 Å². The number of hydrogen-bond donors (Lipinski definition) is 1. The van der Waals surface area contributed by atoms with Crippen LogP contribution < -0.4 is 5.32 Å². The minimum absolute atomic E-state index is 0.199. The van der Waals surface area contributed by atoms with Crippen LogP contribution >= 0.6 is 0 Å². The number of nitrogens with one attached hydrogen (secondary N) is 1. The summed E-state index contributed by atoms with van der Waals surface area (Å²) in [5, 5.41) is 3.35. The molecule has 2 aromatic heterocycles. The molecule has 0 spiro atoms. The van der Waals surface area contributed by atoms with Crippen molar-refractivity contribution >= 4 is 0 Å². The molecule has 0 aliphatic heterocycles. The fourth-order valence-corrected chi connectivity index (χ4v) is 1.60. The first-order valence-electron chi connectivity index (χ1n) is 5.64. The smallest absolute Gasteiger partial charge is 0.120 e. The van der Waals surface area contributed by atoms with Crippen LogP contribution in [0.15, 0.2) is 39.4 Å². The van der Waals surface area contributed by atoms with Crippen molar-refractivity contribution in [2.75, 3.05) is 0 Å². The van der Waals surface area contributed by atoms with Crippen molar-refractivity contribution in [3.05, 3.63) is 47.8 Å². The van der Waals surface area contributed by atoms with Gasteiger partial charge in [0.15, 0.2) is 0 Å². The molecule has 1 atom stereocenters. The van der Waals surface area contributed by atoms with Crippen molar-refractivity contribution in [2.24, 2.45) is 0 Å². The van der Waals surface area contributed by atoms with E-state index < -0.39 is 0 Å². The molecular weight excluding hydrogens is 202 g/mol. The second-order valence-corrected chi connectivity index (χ2v) is 3.84. The molecule has 86 valence electrons. The van der Waals surface area contributed by atoms with E-state index >= 15 is 0 Å². The van der Waals surface area contributed by atoms with Crippen LogP contribution in [0.5, 0.6) is 0 Å². The third kappa shape index (κ3) is 2.55. The van der Waals surface area contributed by atoms with E-state index in [1.807, 2.05) is 24.3 Å². The summed E-state index contributed by atoms with van der Waals surface area (Å²) in [7, 11) is 0. The first-order valence-corrected chi connectivity index (χ1v) is 5.64. The summed E-state index contributed by atoms with van der Waals surface area (Å²) in [5.41, 5.74) is 0. The topological polar surface area (TPSA) is 38.3 Å². The highest BCUT2D eigenvalue weighted by Gasteiger charge is 2.08. The molecule has 3 nitrogen and oxygen atoms in total. The third-order valence-electron chi connectivity index (χ3n) is 2.62. The van der Waals surface area contributed by atoms with E-state index in [1.54, 1.807) is 6.26 Å². The maximum Gasteiger partial charge on any atom is 0.120 e. The average Bonchev–Trinajstić information content (AvgIpc) is 2.96.